The fourth-order valence-electron chi connectivity index (χ4n) is 3.92. The van der Waals surface area contributed by atoms with Gasteiger partial charge in [0.25, 0.3) is 5.91 Å². The molecule has 1 aliphatic heterocycles. The summed E-state index contributed by atoms with van der Waals surface area (Å²) < 4.78 is 19.6. The van der Waals surface area contributed by atoms with Crippen LogP contribution in [-0.2, 0) is 4.79 Å². The van der Waals surface area contributed by atoms with Crippen molar-refractivity contribution in [2.45, 2.75) is 13.8 Å². The average Bonchev–Trinajstić information content (AvgIpc) is 3.27. The van der Waals surface area contributed by atoms with Crippen molar-refractivity contribution in [2.24, 2.45) is 0 Å². The number of hydrogen-bond donors (Lipinski definition) is 1. The molecule has 2 heterocycles. The van der Waals surface area contributed by atoms with E-state index < -0.39 is 5.82 Å². The highest BCUT2D eigenvalue weighted by molar-refractivity contribution is 5.94. The van der Waals surface area contributed by atoms with Gasteiger partial charge in [0.15, 0.2) is 5.76 Å². The first-order valence-electron chi connectivity index (χ1n) is 10.6. The Balaban J connectivity index is 1.31. The Morgan fingerprint density at radius 1 is 0.938 bits per heavy atom. The molecule has 0 unspecified atom stereocenters. The van der Waals surface area contributed by atoms with Crippen LogP contribution in [0.4, 0.5) is 10.1 Å². The fourth-order valence-corrected chi connectivity index (χ4v) is 3.92. The van der Waals surface area contributed by atoms with Crippen molar-refractivity contribution in [1.29, 1.82) is 0 Å². The van der Waals surface area contributed by atoms with E-state index in [9.17, 15) is 14.0 Å². The molecule has 6 nitrogen and oxygen atoms in total. The van der Waals surface area contributed by atoms with Crippen LogP contribution in [0.15, 0.2) is 59.0 Å². The summed E-state index contributed by atoms with van der Waals surface area (Å²) >= 11 is 0. The molecule has 1 fully saturated rings. The lowest BCUT2D eigenvalue weighted by molar-refractivity contribution is -0.117. The van der Waals surface area contributed by atoms with Crippen LogP contribution in [0.25, 0.3) is 11.3 Å². The molecule has 3 aromatic rings. The Morgan fingerprint density at radius 3 is 2.31 bits per heavy atom. The van der Waals surface area contributed by atoms with Gasteiger partial charge in [-0.15, -0.1) is 0 Å². The van der Waals surface area contributed by atoms with Gasteiger partial charge in [0.2, 0.25) is 5.91 Å². The van der Waals surface area contributed by atoms with Crippen molar-refractivity contribution in [3.05, 3.63) is 77.3 Å². The molecule has 0 bridgehead atoms. The topological polar surface area (TPSA) is 65.8 Å². The van der Waals surface area contributed by atoms with Gasteiger partial charge < -0.3 is 14.6 Å². The summed E-state index contributed by atoms with van der Waals surface area (Å²) in [6, 6.07) is 15.4. The molecule has 1 aliphatic rings. The molecular weight excluding hydrogens is 409 g/mol. The third-order valence-corrected chi connectivity index (χ3v) is 5.73. The Morgan fingerprint density at radius 2 is 1.62 bits per heavy atom. The predicted molar refractivity (Wildman–Crippen MR) is 121 cm³/mol. The van der Waals surface area contributed by atoms with E-state index in [1.54, 1.807) is 35.2 Å². The molecule has 0 aliphatic carbocycles. The number of anilines is 1. The SMILES string of the molecule is Cc1cccc(C)c1NC(=O)CN1CCN(C(=O)c2ccc(-c3ccccc3F)o2)CC1. The number of carbonyl (C=O) groups is 2. The zero-order valence-electron chi connectivity index (χ0n) is 18.2. The van der Waals surface area contributed by atoms with Gasteiger partial charge >= 0.3 is 0 Å². The van der Waals surface area contributed by atoms with Crippen LogP contribution in [-0.4, -0.2) is 54.3 Å². The van der Waals surface area contributed by atoms with E-state index in [-0.39, 0.29) is 24.1 Å². The third kappa shape index (κ3) is 4.73. The minimum Gasteiger partial charge on any atom is -0.451 e. The van der Waals surface area contributed by atoms with Crippen molar-refractivity contribution < 1.29 is 18.4 Å². The number of halogens is 1. The number of aryl methyl sites for hydroxylation is 2. The molecule has 1 N–H and O–H groups in total. The molecule has 32 heavy (non-hydrogen) atoms. The number of nitrogens with one attached hydrogen (secondary N) is 1. The summed E-state index contributed by atoms with van der Waals surface area (Å²) in [5.74, 6) is -0.179. The third-order valence-electron chi connectivity index (χ3n) is 5.73. The van der Waals surface area contributed by atoms with Crippen LogP contribution in [0.2, 0.25) is 0 Å². The normalized spacial score (nSPS) is 14.4. The second-order valence-electron chi connectivity index (χ2n) is 8.03. The van der Waals surface area contributed by atoms with Crippen molar-refractivity contribution >= 4 is 17.5 Å². The summed E-state index contributed by atoms with van der Waals surface area (Å²) in [6.07, 6.45) is 0. The largest absolute Gasteiger partial charge is 0.451 e. The van der Waals surface area contributed by atoms with Crippen LogP contribution in [0.1, 0.15) is 21.7 Å². The number of hydrogen-bond acceptors (Lipinski definition) is 4. The number of piperazine rings is 1. The van der Waals surface area contributed by atoms with E-state index in [0.717, 1.165) is 16.8 Å². The van der Waals surface area contributed by atoms with Gasteiger partial charge in [0.1, 0.15) is 11.6 Å². The molecule has 166 valence electrons. The standard InChI is InChI=1S/C25H26FN3O3/c1-17-6-5-7-18(2)24(17)27-23(30)16-28-12-14-29(15-13-28)25(31)22-11-10-21(32-22)19-8-3-4-9-20(19)26/h3-11H,12-16H2,1-2H3,(H,27,30). The average molecular weight is 435 g/mol. The zero-order chi connectivity index (χ0) is 22.7. The Labute approximate surface area is 186 Å². The molecule has 0 atom stereocenters. The molecule has 1 saturated heterocycles. The fraction of sp³-hybridized carbons (Fsp3) is 0.280. The number of nitrogens with zero attached hydrogens (tertiary/aromatic N) is 2. The quantitative estimate of drug-likeness (QED) is 0.655. The maximum absolute atomic E-state index is 14.0. The van der Waals surface area contributed by atoms with Gasteiger partial charge in [-0.2, -0.15) is 0 Å². The van der Waals surface area contributed by atoms with E-state index >= 15 is 0 Å². The first kappa shape index (κ1) is 21.8. The minimum atomic E-state index is -0.395. The van der Waals surface area contributed by atoms with E-state index in [2.05, 4.69) is 5.32 Å². The maximum Gasteiger partial charge on any atom is 0.289 e. The molecule has 0 saturated carbocycles. The van der Waals surface area contributed by atoms with Crippen molar-refractivity contribution in [3.8, 4) is 11.3 Å². The molecule has 7 heteroatoms. The van der Waals surface area contributed by atoms with E-state index in [1.165, 1.54) is 6.07 Å². The number of para-hydroxylation sites is 1. The number of rotatable bonds is 5. The van der Waals surface area contributed by atoms with Gasteiger partial charge in [0, 0.05) is 31.9 Å². The summed E-state index contributed by atoms with van der Waals surface area (Å²) in [6.45, 7) is 6.38. The van der Waals surface area contributed by atoms with E-state index in [4.69, 9.17) is 4.42 Å². The van der Waals surface area contributed by atoms with Gasteiger partial charge in [-0.1, -0.05) is 30.3 Å². The predicted octanol–water partition coefficient (Wildman–Crippen LogP) is 4.10. The van der Waals surface area contributed by atoms with Gasteiger partial charge in [-0.25, -0.2) is 4.39 Å². The van der Waals surface area contributed by atoms with Crippen LogP contribution < -0.4 is 5.32 Å². The zero-order valence-corrected chi connectivity index (χ0v) is 18.2. The molecule has 0 radical (unpaired) electrons. The first-order valence-corrected chi connectivity index (χ1v) is 10.6. The monoisotopic (exact) mass is 435 g/mol. The minimum absolute atomic E-state index is 0.0669. The van der Waals surface area contributed by atoms with Crippen LogP contribution in [0.3, 0.4) is 0 Å². The second kappa shape index (κ2) is 9.36. The Bertz CT molecular complexity index is 1110. The van der Waals surface area contributed by atoms with Gasteiger partial charge in [0.05, 0.1) is 12.1 Å². The first-order chi connectivity index (χ1) is 15.4. The lowest BCUT2D eigenvalue weighted by Crippen LogP contribution is -2.50. The summed E-state index contributed by atoms with van der Waals surface area (Å²) in [7, 11) is 0. The van der Waals surface area contributed by atoms with Gasteiger partial charge in [-0.3, -0.25) is 14.5 Å². The van der Waals surface area contributed by atoms with Gasteiger partial charge in [-0.05, 0) is 49.2 Å². The Hall–Kier alpha value is -3.45. The summed E-state index contributed by atoms with van der Waals surface area (Å²) in [5, 5.41) is 3.00. The highest BCUT2D eigenvalue weighted by Crippen LogP contribution is 2.25. The smallest absolute Gasteiger partial charge is 0.289 e. The lowest BCUT2D eigenvalue weighted by atomic mass is 10.1. The van der Waals surface area contributed by atoms with E-state index in [1.807, 2.05) is 36.9 Å². The highest BCUT2D eigenvalue weighted by Gasteiger charge is 2.25. The summed E-state index contributed by atoms with van der Waals surface area (Å²) in [4.78, 5) is 29.0. The molecule has 1 aromatic heterocycles. The van der Waals surface area contributed by atoms with Crippen LogP contribution >= 0.6 is 0 Å². The molecule has 2 aromatic carbocycles. The van der Waals surface area contributed by atoms with E-state index in [0.29, 0.717) is 37.5 Å². The van der Waals surface area contributed by atoms with Crippen molar-refractivity contribution in [1.82, 2.24) is 9.80 Å². The number of carbonyl (C=O) groups excluding carboxylic acids is 2. The molecular formula is C25H26FN3O3. The van der Waals surface area contributed by atoms with Crippen molar-refractivity contribution in [2.75, 3.05) is 38.0 Å². The number of amides is 2. The summed E-state index contributed by atoms with van der Waals surface area (Å²) in [5.41, 5.74) is 3.24. The maximum atomic E-state index is 14.0. The number of benzene rings is 2. The molecule has 2 amide bonds. The van der Waals surface area contributed by atoms with Crippen LogP contribution in [0, 0.1) is 19.7 Å². The lowest BCUT2D eigenvalue weighted by Gasteiger charge is -2.33. The second-order valence-corrected chi connectivity index (χ2v) is 8.03. The highest BCUT2D eigenvalue weighted by atomic mass is 19.1. The Kier molecular flexibility index (Phi) is 6.37. The van der Waals surface area contributed by atoms with Crippen LogP contribution in [0.5, 0.6) is 0 Å². The van der Waals surface area contributed by atoms with Crippen molar-refractivity contribution in [3.63, 3.8) is 0 Å². The number of furan rings is 1. The molecule has 4 rings (SSSR count). The molecule has 0 spiro atoms.